The fraction of sp³-hybridized carbons (Fsp3) is 0.222. The molecule has 0 radical (unpaired) electrons. The molecule has 1 aliphatic rings. The van der Waals surface area contributed by atoms with Crippen molar-refractivity contribution in [2.75, 3.05) is 11.2 Å². The Morgan fingerprint density at radius 2 is 2.08 bits per heavy atom. The van der Waals surface area contributed by atoms with Gasteiger partial charge in [-0.05, 0) is 42.1 Å². The summed E-state index contributed by atoms with van der Waals surface area (Å²) in [6.07, 6.45) is 1.37. The van der Waals surface area contributed by atoms with Crippen LogP contribution in [-0.4, -0.2) is 22.2 Å². The lowest BCUT2D eigenvalue weighted by atomic mass is 10.0. The molecule has 1 N–H and O–H groups in total. The van der Waals surface area contributed by atoms with E-state index in [-0.39, 0.29) is 11.5 Å². The molecule has 0 saturated carbocycles. The van der Waals surface area contributed by atoms with Crippen molar-refractivity contribution in [1.29, 1.82) is 0 Å². The fourth-order valence-corrected chi connectivity index (χ4v) is 4.57. The summed E-state index contributed by atoms with van der Waals surface area (Å²) in [5, 5.41) is 5.14. The number of carbonyl (C=O) groups excluding carboxylic acids is 1. The normalized spacial score (nSPS) is 15.5. The highest BCUT2D eigenvalue weighted by atomic mass is 32.2. The molecule has 0 fully saturated rings. The highest BCUT2D eigenvalue weighted by Gasteiger charge is 2.45. The molecule has 0 saturated heterocycles. The number of H-pyrrole nitrogens is 1. The number of aromatic amines is 1. The van der Waals surface area contributed by atoms with Crippen molar-refractivity contribution >= 4 is 34.7 Å². The summed E-state index contributed by atoms with van der Waals surface area (Å²) in [6.45, 7) is 3.56. The number of aryl methyl sites for hydroxylation is 1. The van der Waals surface area contributed by atoms with E-state index in [2.05, 4.69) is 10.1 Å². The molecule has 3 heterocycles. The number of anilines is 1. The molecule has 8 heteroatoms. The van der Waals surface area contributed by atoms with E-state index in [1.54, 1.807) is 27.8 Å². The highest BCUT2D eigenvalue weighted by Crippen LogP contribution is 2.38. The second kappa shape index (κ2) is 6.37. The van der Waals surface area contributed by atoms with Crippen LogP contribution in [0.4, 0.5) is 5.69 Å². The zero-order valence-electron chi connectivity index (χ0n) is 14.5. The Morgan fingerprint density at radius 3 is 2.73 bits per heavy atom. The molecule has 2 aromatic heterocycles. The van der Waals surface area contributed by atoms with Gasteiger partial charge in [-0.25, -0.2) is 4.90 Å². The first-order valence-electron chi connectivity index (χ1n) is 8.07. The molecule has 1 amide bonds. The Bertz CT molecular complexity index is 1070. The number of nitrogens with zero attached hydrogens (tertiary/aromatic N) is 3. The van der Waals surface area contributed by atoms with Crippen molar-refractivity contribution in [3.05, 3.63) is 56.5 Å². The monoisotopic (exact) mass is 385 g/mol. The largest absolute Gasteiger partial charge is 0.325 e. The molecule has 0 aliphatic carbocycles. The summed E-state index contributed by atoms with van der Waals surface area (Å²) in [6, 6.07) is 11.5. The van der Waals surface area contributed by atoms with E-state index in [9.17, 15) is 9.59 Å². The Balaban J connectivity index is 2.10. The lowest BCUT2D eigenvalue weighted by Gasteiger charge is -2.30. The van der Waals surface area contributed by atoms with Crippen LogP contribution < -0.4 is 15.1 Å². The van der Waals surface area contributed by atoms with Crippen LogP contribution >= 0.6 is 23.1 Å². The van der Waals surface area contributed by atoms with E-state index < -0.39 is 6.17 Å². The minimum Gasteiger partial charge on any atom is -0.291 e. The standard InChI is InChI=1S/C18H16N4O2S2/c1-10-8-9-14(26-10)17-21(11(2)23)13-7-5-4-6-12(13)15-16(24)19-18(25-3)20-22(15)17/h4-9,17H,1-3H3/p+1/t17-/m1/s1. The molecule has 4 rings (SSSR count). The minimum atomic E-state index is -0.482. The number of aromatic nitrogens is 3. The number of hydrogen-bond acceptors (Lipinski definition) is 5. The van der Waals surface area contributed by atoms with Crippen LogP contribution in [0.15, 0.2) is 46.3 Å². The van der Waals surface area contributed by atoms with Gasteiger partial charge in [0.1, 0.15) is 0 Å². The second-order valence-corrected chi connectivity index (χ2v) is 8.10. The molecule has 132 valence electrons. The van der Waals surface area contributed by atoms with Gasteiger partial charge < -0.3 is 0 Å². The molecule has 1 aromatic carbocycles. The molecule has 3 aromatic rings. The smallest absolute Gasteiger partial charge is 0.291 e. The van der Waals surface area contributed by atoms with E-state index in [4.69, 9.17) is 0 Å². The summed E-state index contributed by atoms with van der Waals surface area (Å²) in [7, 11) is 0. The van der Waals surface area contributed by atoms with Crippen molar-refractivity contribution in [2.45, 2.75) is 25.2 Å². The van der Waals surface area contributed by atoms with Gasteiger partial charge in [-0.3, -0.25) is 14.6 Å². The third-order valence-corrected chi connectivity index (χ3v) is 5.92. The predicted octanol–water partition coefficient (Wildman–Crippen LogP) is 2.73. The van der Waals surface area contributed by atoms with Gasteiger partial charge >= 0.3 is 17.4 Å². The van der Waals surface area contributed by atoms with Crippen molar-refractivity contribution < 1.29 is 9.48 Å². The Morgan fingerprint density at radius 1 is 1.31 bits per heavy atom. The van der Waals surface area contributed by atoms with E-state index >= 15 is 0 Å². The Labute approximate surface area is 158 Å². The SMILES string of the molecule is CSc1n[n+]2c(c(=O)[nH]1)-c1ccccc1N(C(C)=O)[C@H]2c1ccc(C)s1. The summed E-state index contributed by atoms with van der Waals surface area (Å²) in [4.78, 5) is 32.1. The van der Waals surface area contributed by atoms with Gasteiger partial charge in [-0.1, -0.05) is 23.9 Å². The summed E-state index contributed by atoms with van der Waals surface area (Å²) in [5.74, 6) is -0.0977. The summed E-state index contributed by atoms with van der Waals surface area (Å²) < 4.78 is 1.68. The van der Waals surface area contributed by atoms with Gasteiger partial charge in [0.25, 0.3) is 0 Å². The molecule has 0 unspecified atom stereocenters. The van der Waals surface area contributed by atoms with Crippen LogP contribution in [0.2, 0.25) is 0 Å². The van der Waals surface area contributed by atoms with Crippen LogP contribution in [0.3, 0.4) is 0 Å². The molecule has 26 heavy (non-hydrogen) atoms. The number of rotatable bonds is 2. The highest BCUT2D eigenvalue weighted by molar-refractivity contribution is 7.98. The fourth-order valence-electron chi connectivity index (χ4n) is 3.25. The minimum absolute atomic E-state index is 0.0977. The maximum Gasteiger partial charge on any atom is 0.325 e. The first-order valence-corrected chi connectivity index (χ1v) is 10.1. The van der Waals surface area contributed by atoms with Crippen molar-refractivity contribution in [3.8, 4) is 11.3 Å². The molecule has 6 nitrogen and oxygen atoms in total. The predicted molar refractivity (Wildman–Crippen MR) is 103 cm³/mol. The average Bonchev–Trinajstić information content (AvgIpc) is 3.05. The topological polar surface area (TPSA) is 69.9 Å². The zero-order chi connectivity index (χ0) is 18.4. The van der Waals surface area contributed by atoms with Gasteiger partial charge in [-0.2, -0.15) is 0 Å². The number of thioether (sulfide) groups is 1. The molecule has 0 bridgehead atoms. The number of benzene rings is 1. The Kier molecular flexibility index (Phi) is 4.16. The number of hydrogen-bond donors (Lipinski definition) is 1. The number of fused-ring (bicyclic) bond motifs is 3. The number of nitrogens with one attached hydrogen (secondary N) is 1. The number of amides is 1. The van der Waals surface area contributed by atoms with Crippen LogP contribution in [0.5, 0.6) is 0 Å². The first-order chi connectivity index (χ1) is 12.5. The number of carbonyl (C=O) groups is 1. The molecular weight excluding hydrogens is 368 g/mol. The summed E-state index contributed by atoms with van der Waals surface area (Å²) in [5.41, 5.74) is 1.68. The maximum atomic E-state index is 12.8. The molecule has 1 aliphatic heterocycles. The van der Waals surface area contributed by atoms with Gasteiger partial charge in [0.2, 0.25) is 11.1 Å². The maximum absolute atomic E-state index is 12.8. The Hall–Kier alpha value is -2.45. The van der Waals surface area contributed by atoms with Crippen molar-refractivity contribution in [1.82, 2.24) is 10.1 Å². The summed E-state index contributed by atoms with van der Waals surface area (Å²) >= 11 is 2.96. The lowest BCUT2D eigenvalue weighted by Crippen LogP contribution is -2.60. The van der Waals surface area contributed by atoms with Gasteiger partial charge in [0.15, 0.2) is 0 Å². The third-order valence-electron chi connectivity index (χ3n) is 4.31. The van der Waals surface area contributed by atoms with Crippen molar-refractivity contribution in [3.63, 3.8) is 0 Å². The average molecular weight is 385 g/mol. The second-order valence-electron chi connectivity index (χ2n) is 5.98. The van der Waals surface area contributed by atoms with Gasteiger partial charge in [-0.15, -0.1) is 11.3 Å². The van der Waals surface area contributed by atoms with Gasteiger partial charge in [0.05, 0.1) is 16.1 Å². The zero-order valence-corrected chi connectivity index (χ0v) is 16.1. The van der Waals surface area contributed by atoms with Crippen LogP contribution in [0.1, 0.15) is 22.8 Å². The van der Waals surface area contributed by atoms with Crippen LogP contribution in [-0.2, 0) is 4.79 Å². The van der Waals surface area contributed by atoms with E-state index in [0.29, 0.717) is 16.4 Å². The van der Waals surface area contributed by atoms with Crippen molar-refractivity contribution in [2.24, 2.45) is 0 Å². The lowest BCUT2D eigenvalue weighted by molar-refractivity contribution is -0.762. The number of para-hydroxylation sites is 1. The quantitative estimate of drug-likeness (QED) is 0.544. The molecular formula is C18H17N4O2S2+. The van der Waals surface area contributed by atoms with E-state index in [0.717, 1.165) is 15.4 Å². The van der Waals surface area contributed by atoms with Crippen LogP contribution in [0, 0.1) is 6.92 Å². The molecule has 1 atom stereocenters. The number of thiophene rings is 1. The third kappa shape index (κ3) is 2.57. The van der Waals surface area contributed by atoms with Gasteiger partial charge in [0, 0.05) is 16.9 Å². The molecule has 0 spiro atoms. The first kappa shape index (κ1) is 17.0. The van der Waals surface area contributed by atoms with E-state index in [1.165, 1.54) is 11.8 Å². The van der Waals surface area contributed by atoms with Crippen LogP contribution in [0.25, 0.3) is 11.3 Å². The van der Waals surface area contributed by atoms with E-state index in [1.807, 2.05) is 49.6 Å².